The van der Waals surface area contributed by atoms with Gasteiger partial charge < -0.3 is 18.9 Å². The van der Waals surface area contributed by atoms with E-state index in [1.54, 1.807) is 0 Å². The van der Waals surface area contributed by atoms with Crippen LogP contribution in [0.15, 0.2) is 12.4 Å². The van der Waals surface area contributed by atoms with Crippen molar-refractivity contribution in [3.05, 3.63) is 12.4 Å². The largest absolute Gasteiger partial charge is 0.743 e. The molecule has 1 unspecified atom stereocenters. The zero-order valence-electron chi connectivity index (χ0n) is 18.6. The molecule has 0 aromatic carbocycles. The van der Waals surface area contributed by atoms with Crippen LogP contribution in [-0.4, -0.2) is 72.6 Å². The van der Waals surface area contributed by atoms with Crippen LogP contribution in [0.1, 0.15) is 46.0 Å². The lowest BCUT2D eigenvalue weighted by Crippen LogP contribution is -2.62. The summed E-state index contributed by atoms with van der Waals surface area (Å²) >= 11 is 0. The number of amides is 1. The Morgan fingerprint density at radius 1 is 0.971 bits per heavy atom. The summed E-state index contributed by atoms with van der Waals surface area (Å²) < 4.78 is 148. The van der Waals surface area contributed by atoms with Gasteiger partial charge in [0, 0.05) is 19.5 Å². The first-order valence-corrected chi connectivity index (χ1v) is 11.4. The summed E-state index contributed by atoms with van der Waals surface area (Å²) in [6.07, 6.45) is -9.52. The number of esters is 1. The smallest absolute Gasteiger partial charge is 0.466 e. The van der Waals surface area contributed by atoms with Crippen LogP contribution in [0.25, 0.3) is 0 Å². The Balaban J connectivity index is 5.86. The summed E-state index contributed by atoms with van der Waals surface area (Å²) in [4.78, 5) is 24.9. The van der Waals surface area contributed by atoms with Gasteiger partial charge in [0.1, 0.15) is 0 Å². The van der Waals surface area contributed by atoms with Gasteiger partial charge in [-0.1, -0.05) is 20.4 Å². The first-order chi connectivity index (χ1) is 15.7. The Morgan fingerprint density at radius 2 is 1.46 bits per heavy atom. The van der Waals surface area contributed by atoms with E-state index in [0.717, 1.165) is 0 Å². The number of hydrogen-bond acceptors (Lipinski definition) is 7. The summed E-state index contributed by atoms with van der Waals surface area (Å²) in [5.74, 6) is -16.1. The van der Waals surface area contributed by atoms with Crippen LogP contribution in [0.3, 0.4) is 0 Å². The van der Waals surface area contributed by atoms with Gasteiger partial charge in [-0.15, -0.1) is 0 Å². The second kappa shape index (κ2) is 12.3. The van der Waals surface area contributed by atoms with E-state index in [-0.39, 0.29) is 25.9 Å². The molecule has 35 heavy (non-hydrogen) atoms. The van der Waals surface area contributed by atoms with Crippen LogP contribution in [0.4, 0.5) is 35.1 Å². The molecule has 0 saturated carbocycles. The molecule has 1 atom stereocenters. The third-order valence-electron chi connectivity index (χ3n) is 4.32. The van der Waals surface area contributed by atoms with Crippen LogP contribution in [-0.2, 0) is 29.2 Å². The Hall–Kier alpha value is -2.01. The van der Waals surface area contributed by atoms with Crippen LogP contribution >= 0.6 is 0 Å². The van der Waals surface area contributed by atoms with Gasteiger partial charge >= 0.3 is 35.0 Å². The summed E-state index contributed by atoms with van der Waals surface area (Å²) in [5, 5.41) is -6.00. The molecule has 0 radical (unpaired) electrons. The van der Waals surface area contributed by atoms with Gasteiger partial charge in [-0.3, -0.25) is 4.79 Å². The number of rotatable bonds is 15. The summed E-state index contributed by atoms with van der Waals surface area (Å²) in [5.41, 5.74) is 0. The maximum Gasteiger partial charge on any atom is 0.466 e. The highest BCUT2D eigenvalue weighted by atomic mass is 32.2. The van der Waals surface area contributed by atoms with Crippen LogP contribution in [0.5, 0.6) is 0 Å². The van der Waals surface area contributed by atoms with Crippen LogP contribution in [0, 0.1) is 0 Å². The van der Waals surface area contributed by atoms with Crippen molar-refractivity contribution in [1.29, 1.82) is 0 Å². The average Bonchev–Trinajstić information content (AvgIpc) is 2.69. The number of halogens is 8. The Morgan fingerprint density at radius 3 is 1.83 bits per heavy atom. The molecule has 0 aromatic rings. The molecule has 0 spiro atoms. The molecule has 0 fully saturated rings. The van der Waals surface area contributed by atoms with Crippen molar-refractivity contribution >= 4 is 22.0 Å². The van der Waals surface area contributed by atoms with E-state index in [9.17, 15) is 57.7 Å². The second-order valence-corrected chi connectivity index (χ2v) is 8.60. The number of nitrogens with zero attached hydrogens (tertiary/aromatic N) is 1. The molecule has 0 heterocycles. The van der Waals surface area contributed by atoms with E-state index in [2.05, 4.69) is 16.1 Å². The lowest BCUT2D eigenvalue weighted by atomic mass is 10.1. The van der Waals surface area contributed by atoms with Crippen molar-refractivity contribution < 1.29 is 67.2 Å². The van der Waals surface area contributed by atoms with Crippen molar-refractivity contribution in [2.24, 2.45) is 0 Å². The highest BCUT2D eigenvalue weighted by molar-refractivity contribution is 7.86. The fourth-order valence-electron chi connectivity index (χ4n) is 2.64. The zero-order chi connectivity index (χ0) is 27.9. The SMILES string of the molecule is C=C(F)C(=O)OC(OCCCCC(F)(F)C(F)(F)S(=O)(=O)[O-])(C(=O)N(CCC)CCC)C(F)(F)F. The van der Waals surface area contributed by atoms with Gasteiger partial charge in [0.2, 0.25) is 5.83 Å². The first-order valence-electron chi connectivity index (χ1n) is 10.0. The highest BCUT2D eigenvalue weighted by Gasteiger charge is 2.67. The summed E-state index contributed by atoms with van der Waals surface area (Å²) in [6, 6.07) is 0. The van der Waals surface area contributed by atoms with E-state index in [1.807, 2.05) is 0 Å². The molecule has 0 saturated heterocycles. The number of alkyl halides is 7. The topological polar surface area (TPSA) is 113 Å². The Bertz CT molecular complexity index is 857. The van der Waals surface area contributed by atoms with Gasteiger partial charge in [-0.2, -0.15) is 35.1 Å². The number of hydrogen-bond donors (Lipinski definition) is 0. The minimum Gasteiger partial charge on any atom is -0.743 e. The van der Waals surface area contributed by atoms with E-state index in [1.165, 1.54) is 13.8 Å². The third kappa shape index (κ3) is 7.99. The number of carbonyl (C=O) groups is 2. The predicted octanol–water partition coefficient (Wildman–Crippen LogP) is 3.88. The van der Waals surface area contributed by atoms with Crippen molar-refractivity contribution in [3.63, 3.8) is 0 Å². The molecule has 0 aliphatic heterocycles. The molecule has 0 N–H and O–H groups in total. The van der Waals surface area contributed by atoms with Gasteiger partial charge in [0.05, 0.1) is 6.61 Å². The molecule has 0 aliphatic rings. The van der Waals surface area contributed by atoms with Gasteiger partial charge in [0.25, 0.3) is 0 Å². The fraction of sp³-hybridized carbons (Fsp3) is 0.778. The van der Waals surface area contributed by atoms with Crippen molar-refractivity contribution in [2.75, 3.05) is 19.7 Å². The van der Waals surface area contributed by atoms with Crippen molar-refractivity contribution in [1.82, 2.24) is 4.90 Å². The number of carbonyl (C=O) groups excluding carboxylic acids is 2. The predicted molar refractivity (Wildman–Crippen MR) is 102 cm³/mol. The molecule has 206 valence electrons. The summed E-state index contributed by atoms with van der Waals surface area (Å²) in [7, 11) is -6.76. The molecule has 0 rings (SSSR count). The minimum absolute atomic E-state index is 0.148. The van der Waals surface area contributed by atoms with E-state index in [0.29, 0.717) is 4.90 Å². The number of unbranched alkanes of at least 4 members (excludes halogenated alkanes) is 1. The zero-order valence-corrected chi connectivity index (χ0v) is 19.4. The fourth-order valence-corrected chi connectivity index (χ4v) is 3.11. The van der Waals surface area contributed by atoms with E-state index in [4.69, 9.17) is 0 Å². The molecule has 0 bridgehead atoms. The van der Waals surface area contributed by atoms with Crippen LogP contribution in [0.2, 0.25) is 0 Å². The standard InChI is InChI=1S/C18H25F8NO7S/c1-4-9-27(10-5-2)14(29)16(17(22,23)24,34-13(28)12(3)19)33-11-7-6-8-15(20,21)18(25,26)35(30,31)32/h3-11H2,1-2H3,(H,30,31,32)/p-1. The van der Waals surface area contributed by atoms with E-state index >= 15 is 0 Å². The second-order valence-electron chi connectivity index (χ2n) is 7.18. The Labute approximate surface area is 196 Å². The molecule has 0 aromatic heterocycles. The van der Waals surface area contributed by atoms with Crippen molar-refractivity contribution in [2.45, 2.75) is 69.1 Å². The molecule has 1 amide bonds. The Kier molecular flexibility index (Phi) is 11.6. The van der Waals surface area contributed by atoms with Gasteiger partial charge in [-0.05, 0) is 25.7 Å². The average molecular weight is 550 g/mol. The normalized spacial score (nSPS) is 14.8. The minimum atomic E-state index is -6.76. The quantitative estimate of drug-likeness (QED) is 0.0760. The third-order valence-corrected chi connectivity index (χ3v) is 5.24. The molecule has 17 heteroatoms. The molecule has 0 aliphatic carbocycles. The lowest BCUT2D eigenvalue weighted by Gasteiger charge is -2.37. The van der Waals surface area contributed by atoms with Gasteiger partial charge in [-0.25, -0.2) is 13.2 Å². The first kappa shape index (κ1) is 33.0. The highest BCUT2D eigenvalue weighted by Crippen LogP contribution is 2.42. The monoisotopic (exact) mass is 550 g/mol. The lowest BCUT2D eigenvalue weighted by molar-refractivity contribution is -0.350. The molecular weight excluding hydrogens is 526 g/mol. The maximum absolute atomic E-state index is 14.0. The molecule has 8 nitrogen and oxygen atoms in total. The number of ether oxygens (including phenoxy) is 2. The maximum atomic E-state index is 14.0. The van der Waals surface area contributed by atoms with Crippen molar-refractivity contribution in [3.8, 4) is 0 Å². The van der Waals surface area contributed by atoms with Crippen LogP contribution < -0.4 is 0 Å². The van der Waals surface area contributed by atoms with Gasteiger partial charge in [0.15, 0.2) is 10.1 Å². The summed E-state index contributed by atoms with van der Waals surface area (Å²) in [6.45, 7) is 3.61. The molecular formula is C18H24F8NO7S-. The van der Waals surface area contributed by atoms with E-state index < -0.39 is 76.8 Å².